The maximum atomic E-state index is 13.0. The molecule has 2 bridgehead atoms. The highest BCUT2D eigenvalue weighted by Crippen LogP contribution is 2.49. The molecule has 3 aliphatic carbocycles. The number of halogens is 1. The zero-order valence-corrected chi connectivity index (χ0v) is 18.2. The van der Waals surface area contributed by atoms with E-state index in [4.69, 9.17) is 11.6 Å². The van der Waals surface area contributed by atoms with Gasteiger partial charge in [0, 0.05) is 34.2 Å². The van der Waals surface area contributed by atoms with Crippen LogP contribution in [0.2, 0.25) is 5.02 Å². The third kappa shape index (κ3) is 2.95. The molecule has 1 saturated carbocycles. The van der Waals surface area contributed by atoms with Gasteiger partial charge < -0.3 is 4.57 Å². The molecule has 6 heteroatoms. The molecule has 2 heterocycles. The van der Waals surface area contributed by atoms with Gasteiger partial charge in [-0.3, -0.25) is 9.59 Å². The van der Waals surface area contributed by atoms with E-state index in [1.807, 2.05) is 54.7 Å². The molecule has 3 aromatic rings. The first-order chi connectivity index (χ1) is 15.6. The maximum Gasteiger partial charge on any atom is 0.254 e. The van der Waals surface area contributed by atoms with Crippen LogP contribution in [0.5, 0.6) is 0 Å². The fourth-order valence-corrected chi connectivity index (χ4v) is 5.81. The van der Waals surface area contributed by atoms with Gasteiger partial charge in [0.2, 0.25) is 0 Å². The first-order valence-electron chi connectivity index (χ1n) is 11.0. The Morgan fingerprint density at radius 1 is 0.938 bits per heavy atom. The van der Waals surface area contributed by atoms with Crippen LogP contribution in [0, 0.1) is 23.7 Å². The van der Waals surface area contributed by atoms with Gasteiger partial charge in [-0.05, 0) is 42.4 Å². The Morgan fingerprint density at radius 3 is 2.28 bits per heavy atom. The molecule has 2 amide bonds. The van der Waals surface area contributed by atoms with Crippen molar-refractivity contribution in [3.05, 3.63) is 83.0 Å². The fourth-order valence-electron chi connectivity index (χ4n) is 5.61. The zero-order chi connectivity index (χ0) is 21.8. The number of imide groups is 1. The fraction of sp³-hybridized carbons (Fsp3) is 0.269. The van der Waals surface area contributed by atoms with Crippen molar-refractivity contribution in [2.75, 3.05) is 0 Å². The molecule has 1 saturated heterocycles. The van der Waals surface area contributed by atoms with E-state index in [1.54, 1.807) is 6.21 Å². The molecule has 0 N–H and O–H groups in total. The molecule has 0 radical (unpaired) electrons. The third-order valence-electron chi connectivity index (χ3n) is 7.17. The Hall–Kier alpha value is -3.18. The molecule has 2 aromatic carbocycles. The lowest BCUT2D eigenvalue weighted by molar-refractivity contribution is -0.140. The minimum Gasteiger partial charge on any atom is -0.342 e. The Bertz CT molecular complexity index is 1280. The lowest BCUT2D eigenvalue weighted by Gasteiger charge is -2.37. The van der Waals surface area contributed by atoms with Crippen molar-refractivity contribution in [3.8, 4) is 0 Å². The number of aromatic nitrogens is 1. The predicted molar refractivity (Wildman–Crippen MR) is 124 cm³/mol. The molecular formula is C26H22ClN3O2. The van der Waals surface area contributed by atoms with Crippen molar-refractivity contribution in [3.63, 3.8) is 0 Å². The Labute approximate surface area is 191 Å². The normalized spacial score (nSPS) is 26.6. The Kier molecular flexibility index (Phi) is 4.54. The Balaban J connectivity index is 1.33. The number of rotatable bonds is 4. The van der Waals surface area contributed by atoms with E-state index in [9.17, 15) is 9.59 Å². The SMILES string of the molecule is O=C1C2C3C=CC(CC3)C2C(=O)N1/N=C/c1cn(Cc2ccccc2Cl)c2ccccc12. The number of carbonyl (C=O) groups excluding carboxylic acids is 2. The van der Waals surface area contributed by atoms with Gasteiger partial charge in [0.25, 0.3) is 11.8 Å². The molecule has 160 valence electrons. The number of para-hydroxylation sites is 1. The van der Waals surface area contributed by atoms with Gasteiger partial charge in [-0.1, -0.05) is 60.2 Å². The quantitative estimate of drug-likeness (QED) is 0.328. The minimum absolute atomic E-state index is 0.157. The van der Waals surface area contributed by atoms with Crippen LogP contribution in [-0.4, -0.2) is 27.6 Å². The highest BCUT2D eigenvalue weighted by molar-refractivity contribution is 6.31. The molecule has 0 spiro atoms. The van der Waals surface area contributed by atoms with Crippen LogP contribution in [0.15, 0.2) is 72.0 Å². The van der Waals surface area contributed by atoms with Gasteiger partial charge in [-0.15, -0.1) is 0 Å². The van der Waals surface area contributed by atoms with Gasteiger partial charge >= 0.3 is 0 Å². The molecule has 4 aliphatic rings. The number of hydrazone groups is 1. The first-order valence-corrected chi connectivity index (χ1v) is 11.4. The van der Waals surface area contributed by atoms with Gasteiger partial charge in [-0.25, -0.2) is 0 Å². The topological polar surface area (TPSA) is 54.7 Å². The summed E-state index contributed by atoms with van der Waals surface area (Å²) in [5.41, 5.74) is 2.93. The summed E-state index contributed by atoms with van der Waals surface area (Å²) < 4.78 is 2.12. The van der Waals surface area contributed by atoms with E-state index in [0.717, 1.165) is 44.9 Å². The van der Waals surface area contributed by atoms with E-state index in [0.29, 0.717) is 6.54 Å². The molecule has 1 aromatic heterocycles. The maximum absolute atomic E-state index is 13.0. The second kappa shape index (κ2) is 7.45. The van der Waals surface area contributed by atoms with Crippen LogP contribution in [0.25, 0.3) is 10.9 Å². The third-order valence-corrected chi connectivity index (χ3v) is 7.54. The number of hydrogen-bond acceptors (Lipinski definition) is 3. The van der Waals surface area contributed by atoms with Crippen LogP contribution in [0.3, 0.4) is 0 Å². The van der Waals surface area contributed by atoms with Crippen LogP contribution in [0.4, 0.5) is 0 Å². The monoisotopic (exact) mass is 443 g/mol. The van der Waals surface area contributed by atoms with E-state index in [-0.39, 0.29) is 35.5 Å². The predicted octanol–water partition coefficient (Wildman–Crippen LogP) is 4.87. The number of nitrogens with zero attached hydrogens (tertiary/aromatic N) is 3. The van der Waals surface area contributed by atoms with Crippen LogP contribution < -0.4 is 0 Å². The van der Waals surface area contributed by atoms with Crippen LogP contribution in [0.1, 0.15) is 24.0 Å². The standard InChI is InChI=1S/C26H22ClN3O2/c27-21-7-3-1-5-18(21)14-29-15-19(20-6-2-4-8-22(20)29)13-28-30-25(31)23-16-9-10-17(12-11-16)24(23)26(30)32/h1-10,13,15-17,23-24H,11-12,14H2/b28-13+. The summed E-state index contributed by atoms with van der Waals surface area (Å²) in [5, 5.41) is 7.26. The van der Waals surface area contributed by atoms with Crippen LogP contribution in [-0.2, 0) is 16.1 Å². The summed E-state index contributed by atoms with van der Waals surface area (Å²) >= 11 is 6.37. The second-order valence-electron chi connectivity index (χ2n) is 8.90. The lowest BCUT2D eigenvalue weighted by atomic mass is 9.63. The number of benzene rings is 2. The number of allylic oxidation sites excluding steroid dienone is 2. The van der Waals surface area contributed by atoms with Crippen LogP contribution >= 0.6 is 11.6 Å². The van der Waals surface area contributed by atoms with E-state index in [1.165, 1.54) is 0 Å². The molecular weight excluding hydrogens is 422 g/mol. The van der Waals surface area contributed by atoms with E-state index in [2.05, 4.69) is 21.8 Å². The van der Waals surface area contributed by atoms with Gasteiger partial charge in [0.05, 0.1) is 18.1 Å². The van der Waals surface area contributed by atoms with E-state index < -0.39 is 0 Å². The minimum atomic E-state index is -0.245. The average Bonchev–Trinajstić information content (AvgIpc) is 3.31. The summed E-state index contributed by atoms with van der Waals surface area (Å²) in [7, 11) is 0. The van der Waals surface area contributed by atoms with Crippen molar-refractivity contribution < 1.29 is 9.59 Å². The molecule has 2 fully saturated rings. The first kappa shape index (κ1) is 19.5. The van der Waals surface area contributed by atoms with Crippen molar-refractivity contribution >= 4 is 40.5 Å². The number of carbonyl (C=O) groups is 2. The van der Waals surface area contributed by atoms with Gasteiger partial charge in [0.1, 0.15) is 0 Å². The second-order valence-corrected chi connectivity index (χ2v) is 9.30. The molecule has 4 atom stereocenters. The molecule has 7 rings (SSSR count). The highest BCUT2D eigenvalue weighted by Gasteiger charge is 2.56. The largest absolute Gasteiger partial charge is 0.342 e. The van der Waals surface area contributed by atoms with Crippen molar-refractivity contribution in [2.45, 2.75) is 19.4 Å². The molecule has 1 aliphatic heterocycles. The molecule has 5 nitrogen and oxygen atoms in total. The van der Waals surface area contributed by atoms with Crippen molar-refractivity contribution in [1.82, 2.24) is 9.58 Å². The van der Waals surface area contributed by atoms with Gasteiger partial charge in [0.15, 0.2) is 0 Å². The van der Waals surface area contributed by atoms with E-state index >= 15 is 0 Å². The smallest absolute Gasteiger partial charge is 0.254 e. The zero-order valence-electron chi connectivity index (χ0n) is 17.4. The lowest BCUT2D eigenvalue weighted by Crippen LogP contribution is -2.38. The average molecular weight is 444 g/mol. The van der Waals surface area contributed by atoms with Crippen molar-refractivity contribution in [2.24, 2.45) is 28.8 Å². The summed E-state index contributed by atoms with van der Waals surface area (Å²) in [4.78, 5) is 26.1. The van der Waals surface area contributed by atoms with Crippen molar-refractivity contribution in [1.29, 1.82) is 0 Å². The molecule has 32 heavy (non-hydrogen) atoms. The summed E-state index contributed by atoms with van der Waals surface area (Å²) in [5.74, 6) is -0.474. The number of hydrogen-bond donors (Lipinski definition) is 0. The molecule has 4 unspecified atom stereocenters. The summed E-state index contributed by atoms with van der Waals surface area (Å²) in [6.45, 7) is 0.620. The number of amides is 2. The Morgan fingerprint density at radius 2 is 1.59 bits per heavy atom. The van der Waals surface area contributed by atoms with Gasteiger partial charge in [-0.2, -0.15) is 10.1 Å². The summed E-state index contributed by atoms with van der Waals surface area (Å²) in [6, 6.07) is 15.8. The summed E-state index contributed by atoms with van der Waals surface area (Å²) in [6.07, 6.45) is 9.85. The highest BCUT2D eigenvalue weighted by atomic mass is 35.5. The number of fused-ring (bicyclic) bond motifs is 2.